The van der Waals surface area contributed by atoms with Crippen LogP contribution in [0.3, 0.4) is 0 Å². The van der Waals surface area contributed by atoms with Crippen molar-refractivity contribution in [2.75, 3.05) is 31.6 Å². The quantitative estimate of drug-likeness (QED) is 0.874. The van der Waals surface area contributed by atoms with Gasteiger partial charge in [0.05, 0.1) is 24.3 Å². The second-order valence-electron chi connectivity index (χ2n) is 6.07. The third kappa shape index (κ3) is 4.24. The molecular formula is C18H21N5O2. The van der Waals surface area contributed by atoms with Crippen LogP contribution in [-0.4, -0.2) is 46.8 Å². The van der Waals surface area contributed by atoms with Crippen molar-refractivity contribution in [1.82, 2.24) is 14.5 Å². The summed E-state index contributed by atoms with van der Waals surface area (Å²) in [5.41, 5.74) is 1.58. The molecule has 1 aliphatic heterocycles. The Bertz CT molecular complexity index is 827. The van der Waals surface area contributed by atoms with Crippen molar-refractivity contribution in [1.29, 1.82) is 5.26 Å². The summed E-state index contributed by atoms with van der Waals surface area (Å²) in [4.78, 5) is 18.3. The molecule has 1 aromatic heterocycles. The summed E-state index contributed by atoms with van der Waals surface area (Å²) in [6.07, 6.45) is 3.19. The van der Waals surface area contributed by atoms with Crippen molar-refractivity contribution in [3.05, 3.63) is 58.1 Å². The Morgan fingerprint density at radius 3 is 3.12 bits per heavy atom. The molecule has 130 valence electrons. The van der Waals surface area contributed by atoms with E-state index in [4.69, 9.17) is 4.74 Å². The molecule has 1 aromatic carbocycles. The van der Waals surface area contributed by atoms with E-state index in [-0.39, 0.29) is 11.7 Å². The number of hydrogen-bond donors (Lipinski definition) is 1. The zero-order valence-corrected chi connectivity index (χ0v) is 14.2. The number of nitrogens with one attached hydrogen (secondary N) is 1. The normalized spacial score (nSPS) is 17.8. The monoisotopic (exact) mass is 339 g/mol. The number of aryl methyl sites for hydroxylation is 1. The van der Waals surface area contributed by atoms with Crippen molar-refractivity contribution in [2.45, 2.75) is 12.6 Å². The first-order valence-electron chi connectivity index (χ1n) is 8.25. The highest BCUT2D eigenvalue weighted by molar-refractivity contribution is 5.37. The van der Waals surface area contributed by atoms with E-state index in [1.165, 1.54) is 4.57 Å². The minimum Gasteiger partial charge on any atom is -0.374 e. The molecule has 0 saturated carbocycles. The van der Waals surface area contributed by atoms with Crippen LogP contribution in [0.15, 0.2) is 41.5 Å². The highest BCUT2D eigenvalue weighted by atomic mass is 16.5. The summed E-state index contributed by atoms with van der Waals surface area (Å²) in [7, 11) is 1.70. The van der Waals surface area contributed by atoms with Crippen molar-refractivity contribution >= 4 is 5.82 Å². The fourth-order valence-electron chi connectivity index (χ4n) is 2.89. The number of morpholine rings is 1. The summed E-state index contributed by atoms with van der Waals surface area (Å²) in [6.45, 7) is 3.42. The standard InChI is InChI=1S/C18H21N5O2/c1-22-7-6-20-17(18(22)24)21-11-16-13-23(8-9-25-16)12-15-5-3-2-4-14(15)10-19/h2-7,16H,8-9,11-13H2,1H3,(H,20,21). The highest BCUT2D eigenvalue weighted by Gasteiger charge is 2.21. The maximum Gasteiger partial charge on any atom is 0.293 e. The number of hydrogen-bond acceptors (Lipinski definition) is 6. The number of aromatic nitrogens is 2. The summed E-state index contributed by atoms with van der Waals surface area (Å²) < 4.78 is 7.28. The average Bonchev–Trinajstić information content (AvgIpc) is 2.64. The number of nitriles is 1. The van der Waals surface area contributed by atoms with Gasteiger partial charge in [0, 0.05) is 45.6 Å². The van der Waals surface area contributed by atoms with E-state index in [1.54, 1.807) is 19.4 Å². The lowest BCUT2D eigenvalue weighted by molar-refractivity contribution is -0.0241. The van der Waals surface area contributed by atoms with Crippen LogP contribution in [0, 0.1) is 11.3 Å². The third-order valence-electron chi connectivity index (χ3n) is 4.27. The van der Waals surface area contributed by atoms with Gasteiger partial charge < -0.3 is 14.6 Å². The molecular weight excluding hydrogens is 318 g/mol. The van der Waals surface area contributed by atoms with Gasteiger partial charge in [-0.1, -0.05) is 18.2 Å². The molecule has 3 rings (SSSR count). The minimum absolute atomic E-state index is 0.0327. The zero-order valence-electron chi connectivity index (χ0n) is 14.2. The lowest BCUT2D eigenvalue weighted by Gasteiger charge is -2.33. The molecule has 1 aliphatic rings. The van der Waals surface area contributed by atoms with Gasteiger partial charge in [-0.25, -0.2) is 4.98 Å². The molecule has 25 heavy (non-hydrogen) atoms. The Hall–Kier alpha value is -2.69. The van der Waals surface area contributed by atoms with E-state index in [1.807, 2.05) is 24.3 Å². The van der Waals surface area contributed by atoms with Crippen LogP contribution >= 0.6 is 0 Å². The summed E-state index contributed by atoms with van der Waals surface area (Å²) in [5.74, 6) is 0.334. The van der Waals surface area contributed by atoms with Crippen molar-refractivity contribution in [3.63, 3.8) is 0 Å². The third-order valence-corrected chi connectivity index (χ3v) is 4.27. The average molecular weight is 339 g/mol. The fourth-order valence-corrected chi connectivity index (χ4v) is 2.89. The van der Waals surface area contributed by atoms with Gasteiger partial charge in [0.2, 0.25) is 0 Å². The molecule has 0 amide bonds. The summed E-state index contributed by atoms with van der Waals surface area (Å²) in [5, 5.41) is 12.3. The lowest BCUT2D eigenvalue weighted by Crippen LogP contribution is -2.45. The molecule has 1 fully saturated rings. The van der Waals surface area contributed by atoms with Gasteiger partial charge in [0.25, 0.3) is 5.56 Å². The lowest BCUT2D eigenvalue weighted by atomic mass is 10.1. The molecule has 0 spiro atoms. The topological polar surface area (TPSA) is 83.2 Å². The first-order valence-corrected chi connectivity index (χ1v) is 8.25. The predicted molar refractivity (Wildman–Crippen MR) is 94.1 cm³/mol. The number of rotatable bonds is 5. The second-order valence-corrected chi connectivity index (χ2v) is 6.07. The number of benzene rings is 1. The van der Waals surface area contributed by atoms with Crippen LogP contribution in [0.1, 0.15) is 11.1 Å². The largest absolute Gasteiger partial charge is 0.374 e. The molecule has 0 radical (unpaired) electrons. The van der Waals surface area contributed by atoms with Gasteiger partial charge in [-0.2, -0.15) is 5.26 Å². The number of nitrogens with zero attached hydrogens (tertiary/aromatic N) is 4. The van der Waals surface area contributed by atoms with E-state index in [2.05, 4.69) is 21.3 Å². The van der Waals surface area contributed by atoms with Crippen LogP contribution in [0.5, 0.6) is 0 Å². The van der Waals surface area contributed by atoms with Gasteiger partial charge in [0.1, 0.15) is 0 Å². The SMILES string of the molecule is Cn1ccnc(NCC2CN(Cc3ccccc3C#N)CCO2)c1=O. The molecule has 7 heteroatoms. The maximum atomic E-state index is 12.0. The minimum atomic E-state index is -0.155. The van der Waals surface area contributed by atoms with E-state index >= 15 is 0 Å². The number of anilines is 1. The van der Waals surface area contributed by atoms with Gasteiger partial charge in [-0.05, 0) is 11.6 Å². The molecule has 2 heterocycles. The van der Waals surface area contributed by atoms with Crippen LogP contribution in [0.25, 0.3) is 0 Å². The van der Waals surface area contributed by atoms with Crippen LogP contribution in [0.4, 0.5) is 5.82 Å². The molecule has 1 unspecified atom stereocenters. The summed E-state index contributed by atoms with van der Waals surface area (Å²) in [6, 6.07) is 9.89. The van der Waals surface area contributed by atoms with Gasteiger partial charge >= 0.3 is 0 Å². The fraction of sp³-hybridized carbons (Fsp3) is 0.389. The van der Waals surface area contributed by atoms with Gasteiger partial charge in [-0.15, -0.1) is 0 Å². The molecule has 0 bridgehead atoms. The molecule has 2 aromatic rings. The molecule has 0 aliphatic carbocycles. The van der Waals surface area contributed by atoms with Gasteiger partial charge in [0.15, 0.2) is 5.82 Å². The molecule has 1 atom stereocenters. The van der Waals surface area contributed by atoms with Crippen molar-refractivity contribution < 1.29 is 4.74 Å². The Balaban J connectivity index is 1.59. The molecule has 7 nitrogen and oxygen atoms in total. The Kier molecular flexibility index (Phi) is 5.43. The highest BCUT2D eigenvalue weighted by Crippen LogP contribution is 2.14. The first-order chi connectivity index (χ1) is 12.2. The molecule has 1 N–H and O–H groups in total. The van der Waals surface area contributed by atoms with E-state index in [0.717, 1.165) is 25.2 Å². The smallest absolute Gasteiger partial charge is 0.293 e. The number of ether oxygens (including phenoxy) is 1. The second kappa shape index (κ2) is 7.92. The van der Waals surface area contributed by atoms with Gasteiger partial charge in [-0.3, -0.25) is 9.69 Å². The van der Waals surface area contributed by atoms with E-state index in [0.29, 0.717) is 24.5 Å². The Labute approximate surface area is 146 Å². The van der Waals surface area contributed by atoms with Crippen LogP contribution in [-0.2, 0) is 18.3 Å². The first kappa shape index (κ1) is 17.1. The van der Waals surface area contributed by atoms with Crippen LogP contribution in [0.2, 0.25) is 0 Å². The van der Waals surface area contributed by atoms with E-state index in [9.17, 15) is 10.1 Å². The van der Waals surface area contributed by atoms with E-state index < -0.39 is 0 Å². The zero-order chi connectivity index (χ0) is 17.6. The van der Waals surface area contributed by atoms with Crippen molar-refractivity contribution in [3.8, 4) is 6.07 Å². The summed E-state index contributed by atoms with van der Waals surface area (Å²) >= 11 is 0. The maximum absolute atomic E-state index is 12.0. The molecule has 1 saturated heterocycles. The van der Waals surface area contributed by atoms with Crippen LogP contribution < -0.4 is 10.9 Å². The predicted octanol–water partition coefficient (Wildman–Crippen LogP) is 0.965. The van der Waals surface area contributed by atoms with Crippen molar-refractivity contribution in [2.24, 2.45) is 7.05 Å². The Morgan fingerprint density at radius 1 is 1.44 bits per heavy atom. The Morgan fingerprint density at radius 2 is 2.28 bits per heavy atom.